The van der Waals surface area contributed by atoms with Crippen LogP contribution >= 0.6 is 0 Å². The van der Waals surface area contributed by atoms with Gasteiger partial charge in [-0.05, 0) is 6.42 Å². The van der Waals surface area contributed by atoms with Gasteiger partial charge in [-0.2, -0.15) is 0 Å². The molecule has 0 fully saturated rings. The normalized spacial score (nSPS) is 8.79. The smallest absolute Gasteiger partial charge is 0.269 e. The third-order valence-electron chi connectivity index (χ3n) is 1.49. The van der Waals surface area contributed by atoms with Crippen molar-refractivity contribution < 1.29 is 4.79 Å². The molecule has 0 atom stereocenters. The molecule has 1 rings (SSSR count). The Labute approximate surface area is 84.6 Å². The van der Waals surface area contributed by atoms with Gasteiger partial charge >= 0.3 is 0 Å². The molecule has 14 heavy (non-hydrogen) atoms. The lowest BCUT2D eigenvalue weighted by Gasteiger charge is -2.00. The number of nitrogens with two attached hydrogens (primary N) is 1. The SMILES string of the molecule is CC.CCCc1nccnc1C(N)=O. The van der Waals surface area contributed by atoms with E-state index in [0.29, 0.717) is 11.4 Å². The average molecular weight is 195 g/mol. The molecule has 4 heteroatoms. The van der Waals surface area contributed by atoms with Crippen LogP contribution in [0.3, 0.4) is 0 Å². The van der Waals surface area contributed by atoms with Crippen molar-refractivity contribution >= 4 is 5.91 Å². The van der Waals surface area contributed by atoms with Crippen LogP contribution in [0.5, 0.6) is 0 Å². The van der Waals surface area contributed by atoms with E-state index in [4.69, 9.17) is 5.73 Å². The van der Waals surface area contributed by atoms with Crippen LogP contribution in [0.4, 0.5) is 0 Å². The van der Waals surface area contributed by atoms with Gasteiger partial charge in [0.2, 0.25) is 0 Å². The molecule has 1 amide bonds. The standard InChI is InChI=1S/C8H11N3O.C2H6/c1-2-3-6-7(8(9)12)11-5-4-10-6;1-2/h4-5H,2-3H2,1H3,(H2,9,12);1-2H3. The highest BCUT2D eigenvalue weighted by Gasteiger charge is 2.08. The Morgan fingerprint density at radius 1 is 1.36 bits per heavy atom. The lowest BCUT2D eigenvalue weighted by molar-refractivity contribution is 0.0994. The number of hydrogen-bond acceptors (Lipinski definition) is 3. The third-order valence-corrected chi connectivity index (χ3v) is 1.49. The summed E-state index contributed by atoms with van der Waals surface area (Å²) in [5, 5.41) is 0. The summed E-state index contributed by atoms with van der Waals surface area (Å²) in [6.45, 7) is 6.01. The van der Waals surface area contributed by atoms with Crippen molar-refractivity contribution in [1.82, 2.24) is 9.97 Å². The Hall–Kier alpha value is -1.45. The number of rotatable bonds is 3. The van der Waals surface area contributed by atoms with E-state index >= 15 is 0 Å². The second kappa shape index (κ2) is 7.00. The lowest BCUT2D eigenvalue weighted by atomic mass is 10.2. The van der Waals surface area contributed by atoms with Gasteiger partial charge in [0.15, 0.2) is 0 Å². The highest BCUT2D eigenvalue weighted by atomic mass is 16.1. The van der Waals surface area contributed by atoms with Gasteiger partial charge in [0.1, 0.15) is 5.69 Å². The van der Waals surface area contributed by atoms with Gasteiger partial charge in [0, 0.05) is 12.4 Å². The Kier molecular flexibility index (Phi) is 6.28. The summed E-state index contributed by atoms with van der Waals surface area (Å²) in [6, 6.07) is 0. The van der Waals surface area contributed by atoms with E-state index in [2.05, 4.69) is 9.97 Å². The zero-order valence-corrected chi connectivity index (χ0v) is 8.95. The van der Waals surface area contributed by atoms with Crippen LogP contribution < -0.4 is 5.73 Å². The zero-order valence-electron chi connectivity index (χ0n) is 8.95. The third kappa shape index (κ3) is 3.51. The van der Waals surface area contributed by atoms with Crippen molar-refractivity contribution in [3.8, 4) is 0 Å². The molecule has 0 saturated carbocycles. The Morgan fingerprint density at radius 3 is 2.43 bits per heavy atom. The summed E-state index contributed by atoms with van der Waals surface area (Å²) in [6.07, 6.45) is 4.71. The van der Waals surface area contributed by atoms with Gasteiger partial charge in [-0.25, -0.2) is 4.98 Å². The van der Waals surface area contributed by atoms with E-state index in [9.17, 15) is 4.79 Å². The van der Waals surface area contributed by atoms with Crippen LogP contribution in [0.1, 0.15) is 43.4 Å². The molecular weight excluding hydrogens is 178 g/mol. The number of carbonyl (C=O) groups excluding carboxylic acids is 1. The van der Waals surface area contributed by atoms with Crippen LogP contribution in [0.2, 0.25) is 0 Å². The number of primary amides is 1. The molecule has 0 aromatic carbocycles. The van der Waals surface area contributed by atoms with Crippen molar-refractivity contribution in [1.29, 1.82) is 0 Å². The van der Waals surface area contributed by atoms with Gasteiger partial charge in [0.25, 0.3) is 5.91 Å². The van der Waals surface area contributed by atoms with E-state index in [0.717, 1.165) is 12.8 Å². The van der Waals surface area contributed by atoms with Crippen molar-refractivity contribution in [2.75, 3.05) is 0 Å². The first-order valence-corrected chi connectivity index (χ1v) is 4.85. The number of amides is 1. The van der Waals surface area contributed by atoms with Gasteiger partial charge < -0.3 is 5.73 Å². The van der Waals surface area contributed by atoms with E-state index in [1.54, 1.807) is 6.20 Å². The maximum atomic E-state index is 10.8. The van der Waals surface area contributed by atoms with E-state index in [1.807, 2.05) is 20.8 Å². The number of carbonyl (C=O) groups is 1. The Balaban J connectivity index is 0.000000791. The molecule has 0 aliphatic rings. The van der Waals surface area contributed by atoms with Crippen molar-refractivity contribution in [2.45, 2.75) is 33.6 Å². The maximum absolute atomic E-state index is 10.8. The zero-order chi connectivity index (χ0) is 11.0. The molecule has 0 aliphatic carbocycles. The van der Waals surface area contributed by atoms with Crippen LogP contribution in [0, 0.1) is 0 Å². The molecule has 0 spiro atoms. The van der Waals surface area contributed by atoms with Crippen molar-refractivity contribution in [3.63, 3.8) is 0 Å². The summed E-state index contributed by atoms with van der Waals surface area (Å²) in [5.41, 5.74) is 6.08. The summed E-state index contributed by atoms with van der Waals surface area (Å²) in [5.74, 6) is -0.508. The summed E-state index contributed by atoms with van der Waals surface area (Å²) >= 11 is 0. The summed E-state index contributed by atoms with van der Waals surface area (Å²) in [4.78, 5) is 18.7. The first kappa shape index (κ1) is 12.6. The molecular formula is C10H17N3O. The molecule has 0 aliphatic heterocycles. The van der Waals surface area contributed by atoms with Crippen molar-refractivity contribution in [3.05, 3.63) is 23.8 Å². The van der Waals surface area contributed by atoms with Gasteiger partial charge in [-0.15, -0.1) is 0 Å². The Bertz CT molecular complexity index is 286. The molecule has 1 aromatic rings. The molecule has 0 unspecified atom stereocenters. The summed E-state index contributed by atoms with van der Waals surface area (Å²) in [7, 11) is 0. The topological polar surface area (TPSA) is 68.9 Å². The number of nitrogens with zero attached hydrogens (tertiary/aromatic N) is 2. The molecule has 0 saturated heterocycles. The van der Waals surface area contributed by atoms with Gasteiger partial charge in [-0.1, -0.05) is 27.2 Å². The fraction of sp³-hybridized carbons (Fsp3) is 0.500. The number of hydrogen-bond donors (Lipinski definition) is 1. The first-order valence-electron chi connectivity index (χ1n) is 4.85. The monoisotopic (exact) mass is 195 g/mol. The van der Waals surface area contributed by atoms with Crippen LogP contribution in [-0.2, 0) is 6.42 Å². The number of aryl methyl sites for hydroxylation is 1. The molecule has 2 N–H and O–H groups in total. The van der Waals surface area contributed by atoms with Crippen molar-refractivity contribution in [2.24, 2.45) is 5.73 Å². The fourth-order valence-electron chi connectivity index (χ4n) is 0.992. The molecule has 78 valence electrons. The Morgan fingerprint density at radius 2 is 1.93 bits per heavy atom. The second-order valence-electron chi connectivity index (χ2n) is 2.47. The highest BCUT2D eigenvalue weighted by molar-refractivity contribution is 5.91. The first-order chi connectivity index (χ1) is 6.75. The second-order valence-corrected chi connectivity index (χ2v) is 2.47. The quantitative estimate of drug-likeness (QED) is 0.795. The van der Waals surface area contributed by atoms with E-state index in [-0.39, 0.29) is 0 Å². The van der Waals surface area contributed by atoms with Gasteiger partial charge in [-0.3, -0.25) is 9.78 Å². The van der Waals surface area contributed by atoms with E-state index < -0.39 is 5.91 Å². The largest absolute Gasteiger partial charge is 0.364 e. The minimum atomic E-state index is -0.508. The molecule has 0 bridgehead atoms. The fourth-order valence-corrected chi connectivity index (χ4v) is 0.992. The predicted molar refractivity (Wildman–Crippen MR) is 55.9 cm³/mol. The minimum absolute atomic E-state index is 0.291. The van der Waals surface area contributed by atoms with Gasteiger partial charge in [0.05, 0.1) is 5.69 Å². The lowest BCUT2D eigenvalue weighted by Crippen LogP contribution is -2.16. The van der Waals surface area contributed by atoms with Crippen LogP contribution in [-0.4, -0.2) is 15.9 Å². The average Bonchev–Trinajstić information content (AvgIpc) is 2.22. The molecule has 1 aromatic heterocycles. The van der Waals surface area contributed by atoms with Crippen LogP contribution in [0.15, 0.2) is 12.4 Å². The van der Waals surface area contributed by atoms with E-state index in [1.165, 1.54) is 6.20 Å². The number of aromatic nitrogens is 2. The molecule has 0 radical (unpaired) electrons. The highest BCUT2D eigenvalue weighted by Crippen LogP contribution is 2.03. The molecule has 4 nitrogen and oxygen atoms in total. The molecule has 1 heterocycles. The predicted octanol–water partition coefficient (Wildman–Crippen LogP) is 1.55. The minimum Gasteiger partial charge on any atom is -0.364 e. The van der Waals surface area contributed by atoms with Crippen LogP contribution in [0.25, 0.3) is 0 Å². The maximum Gasteiger partial charge on any atom is 0.269 e. The summed E-state index contributed by atoms with van der Waals surface area (Å²) < 4.78 is 0.